The van der Waals surface area contributed by atoms with Gasteiger partial charge >= 0.3 is 6.03 Å². The molecule has 1 aliphatic carbocycles. The van der Waals surface area contributed by atoms with E-state index in [1.54, 1.807) is 12.1 Å². The molecule has 1 aromatic rings. The molecule has 1 aromatic carbocycles. The summed E-state index contributed by atoms with van der Waals surface area (Å²) in [6.07, 6.45) is 7.41. The molecule has 0 aromatic heterocycles. The Morgan fingerprint density at radius 1 is 1.24 bits per heavy atom. The van der Waals surface area contributed by atoms with Crippen LogP contribution in [0.5, 0.6) is 0 Å². The fourth-order valence-corrected chi connectivity index (χ4v) is 4.13. The molecule has 1 atom stereocenters. The van der Waals surface area contributed by atoms with E-state index < -0.39 is 9.84 Å². The third-order valence-electron chi connectivity index (χ3n) is 4.85. The first-order valence-electron chi connectivity index (χ1n) is 8.79. The van der Waals surface area contributed by atoms with E-state index in [0.717, 1.165) is 6.26 Å². The van der Waals surface area contributed by atoms with Crippen molar-refractivity contribution in [2.24, 2.45) is 5.92 Å². The molecule has 1 fully saturated rings. The minimum atomic E-state index is -3.29. The van der Waals surface area contributed by atoms with Crippen molar-refractivity contribution in [3.63, 3.8) is 0 Å². The highest BCUT2D eigenvalue weighted by atomic mass is 32.2. The molecule has 1 unspecified atom stereocenters. The van der Waals surface area contributed by atoms with E-state index >= 15 is 0 Å². The minimum absolute atomic E-state index is 0.193. The molecule has 6 nitrogen and oxygen atoms in total. The summed E-state index contributed by atoms with van der Waals surface area (Å²) >= 11 is 0. The van der Waals surface area contributed by atoms with Gasteiger partial charge in [0.05, 0.1) is 4.90 Å². The SMILES string of the molecule is CN(C)C(CNC(=O)Nc1cccc(S(C)(=O)=O)c1)C1CCCCC1. The largest absolute Gasteiger partial charge is 0.336 e. The normalized spacial score (nSPS) is 17.3. The third kappa shape index (κ3) is 6.01. The predicted octanol–water partition coefficient (Wildman–Crippen LogP) is 2.72. The van der Waals surface area contributed by atoms with Gasteiger partial charge in [0.1, 0.15) is 0 Å². The molecule has 2 N–H and O–H groups in total. The van der Waals surface area contributed by atoms with Crippen LogP contribution in [0, 0.1) is 5.92 Å². The van der Waals surface area contributed by atoms with Crippen molar-refractivity contribution < 1.29 is 13.2 Å². The Kier molecular flexibility index (Phi) is 6.84. The second-order valence-corrected chi connectivity index (χ2v) is 9.08. The van der Waals surface area contributed by atoms with Crippen molar-refractivity contribution >= 4 is 21.6 Å². The van der Waals surface area contributed by atoms with Gasteiger partial charge in [0.25, 0.3) is 0 Å². The summed E-state index contributed by atoms with van der Waals surface area (Å²) in [5.41, 5.74) is 0.472. The van der Waals surface area contributed by atoms with Crippen LogP contribution in [0.25, 0.3) is 0 Å². The molecule has 2 rings (SSSR count). The number of likely N-dealkylation sites (N-methyl/N-ethyl adjacent to an activating group) is 1. The first-order chi connectivity index (χ1) is 11.8. The van der Waals surface area contributed by atoms with Crippen molar-refractivity contribution in [1.82, 2.24) is 10.2 Å². The number of hydrogen-bond donors (Lipinski definition) is 2. The molecular weight excluding hydrogens is 338 g/mol. The highest BCUT2D eigenvalue weighted by molar-refractivity contribution is 7.90. The Bertz CT molecular complexity index is 683. The highest BCUT2D eigenvalue weighted by Gasteiger charge is 2.25. The number of nitrogens with one attached hydrogen (secondary N) is 2. The molecule has 0 bridgehead atoms. The Morgan fingerprint density at radius 2 is 1.92 bits per heavy atom. The first kappa shape index (κ1) is 19.7. The van der Waals surface area contributed by atoms with E-state index in [2.05, 4.69) is 29.6 Å². The zero-order chi connectivity index (χ0) is 18.4. The maximum atomic E-state index is 12.2. The molecule has 2 amide bonds. The van der Waals surface area contributed by atoms with Gasteiger partial charge in [-0.05, 0) is 51.1 Å². The molecule has 1 saturated carbocycles. The van der Waals surface area contributed by atoms with Gasteiger partial charge in [0, 0.05) is 24.5 Å². The van der Waals surface area contributed by atoms with Crippen LogP contribution in [-0.4, -0.2) is 52.3 Å². The zero-order valence-electron chi connectivity index (χ0n) is 15.3. The molecule has 25 heavy (non-hydrogen) atoms. The van der Waals surface area contributed by atoms with Crippen molar-refractivity contribution in [2.75, 3.05) is 32.2 Å². The highest BCUT2D eigenvalue weighted by Crippen LogP contribution is 2.28. The standard InChI is InChI=1S/C18H29N3O3S/c1-21(2)17(14-8-5-4-6-9-14)13-19-18(22)20-15-10-7-11-16(12-15)25(3,23)24/h7,10-12,14,17H,4-6,8-9,13H2,1-3H3,(H2,19,20,22). The van der Waals surface area contributed by atoms with Crippen molar-refractivity contribution in [3.05, 3.63) is 24.3 Å². The fraction of sp³-hybridized carbons (Fsp3) is 0.611. The zero-order valence-corrected chi connectivity index (χ0v) is 16.1. The summed E-state index contributed by atoms with van der Waals surface area (Å²) in [5.74, 6) is 0.609. The van der Waals surface area contributed by atoms with Crippen molar-refractivity contribution in [1.29, 1.82) is 0 Å². The molecule has 0 aliphatic heterocycles. The quantitative estimate of drug-likeness (QED) is 0.810. The maximum absolute atomic E-state index is 12.2. The van der Waals surface area contributed by atoms with E-state index in [9.17, 15) is 13.2 Å². The van der Waals surface area contributed by atoms with E-state index in [-0.39, 0.29) is 10.9 Å². The Hall–Kier alpha value is -1.60. The Morgan fingerprint density at radius 3 is 2.52 bits per heavy atom. The fourth-order valence-electron chi connectivity index (χ4n) is 3.47. The number of carbonyl (C=O) groups excluding carboxylic acids is 1. The summed E-state index contributed by atoms with van der Waals surface area (Å²) < 4.78 is 23.2. The van der Waals surface area contributed by atoms with Gasteiger partial charge in [-0.2, -0.15) is 0 Å². The molecular formula is C18H29N3O3S. The molecule has 0 heterocycles. The van der Waals surface area contributed by atoms with Gasteiger partial charge in [0.15, 0.2) is 9.84 Å². The number of amides is 2. The summed E-state index contributed by atoms with van der Waals surface area (Å²) in [5, 5.41) is 5.65. The number of sulfone groups is 1. The number of rotatable bonds is 6. The number of benzene rings is 1. The second kappa shape index (κ2) is 8.67. The molecule has 0 radical (unpaired) electrons. The van der Waals surface area contributed by atoms with Crippen LogP contribution in [0.3, 0.4) is 0 Å². The van der Waals surface area contributed by atoms with Crippen LogP contribution < -0.4 is 10.6 Å². The number of nitrogens with zero attached hydrogens (tertiary/aromatic N) is 1. The average molecular weight is 368 g/mol. The lowest BCUT2D eigenvalue weighted by Gasteiger charge is -2.34. The second-order valence-electron chi connectivity index (χ2n) is 7.06. The Labute approximate surface area is 150 Å². The minimum Gasteiger partial charge on any atom is -0.336 e. The summed E-state index contributed by atoms with van der Waals surface area (Å²) in [4.78, 5) is 14.6. The van der Waals surface area contributed by atoms with Gasteiger partial charge in [-0.3, -0.25) is 0 Å². The lowest BCUT2D eigenvalue weighted by atomic mass is 9.83. The first-order valence-corrected chi connectivity index (χ1v) is 10.7. The summed E-state index contributed by atoms with van der Waals surface area (Å²) in [6, 6.07) is 6.29. The monoisotopic (exact) mass is 367 g/mol. The van der Waals surface area contributed by atoms with E-state index in [4.69, 9.17) is 0 Å². The van der Waals surface area contributed by atoms with E-state index in [1.807, 2.05) is 0 Å². The van der Waals surface area contributed by atoms with Gasteiger partial charge in [-0.25, -0.2) is 13.2 Å². The molecule has 0 spiro atoms. The lowest BCUT2D eigenvalue weighted by molar-refractivity contribution is 0.167. The van der Waals surface area contributed by atoms with Gasteiger partial charge in [-0.15, -0.1) is 0 Å². The van der Waals surface area contributed by atoms with Crippen molar-refractivity contribution in [3.8, 4) is 0 Å². The third-order valence-corrected chi connectivity index (χ3v) is 5.96. The molecule has 7 heteroatoms. The van der Waals surface area contributed by atoms with Gasteiger partial charge in [-0.1, -0.05) is 25.3 Å². The average Bonchev–Trinajstić information content (AvgIpc) is 2.55. The van der Waals surface area contributed by atoms with Gasteiger partial charge < -0.3 is 15.5 Å². The number of hydrogen-bond acceptors (Lipinski definition) is 4. The van der Waals surface area contributed by atoms with Crippen LogP contribution in [-0.2, 0) is 9.84 Å². The Balaban J connectivity index is 1.93. The van der Waals surface area contributed by atoms with Crippen LogP contribution in [0.4, 0.5) is 10.5 Å². The topological polar surface area (TPSA) is 78.5 Å². The predicted molar refractivity (Wildman–Crippen MR) is 101 cm³/mol. The van der Waals surface area contributed by atoms with E-state index in [1.165, 1.54) is 44.2 Å². The lowest BCUT2D eigenvalue weighted by Crippen LogP contribution is -2.46. The number of urea groups is 1. The maximum Gasteiger partial charge on any atom is 0.319 e. The van der Waals surface area contributed by atoms with E-state index in [0.29, 0.717) is 24.2 Å². The number of anilines is 1. The van der Waals surface area contributed by atoms with Crippen LogP contribution >= 0.6 is 0 Å². The number of carbonyl (C=O) groups is 1. The molecule has 1 aliphatic rings. The van der Waals surface area contributed by atoms with Crippen LogP contribution in [0.1, 0.15) is 32.1 Å². The summed E-state index contributed by atoms with van der Waals surface area (Å²) in [6.45, 7) is 0.579. The smallest absolute Gasteiger partial charge is 0.319 e. The van der Waals surface area contributed by atoms with Crippen LogP contribution in [0.2, 0.25) is 0 Å². The summed E-state index contributed by atoms with van der Waals surface area (Å²) in [7, 11) is 0.809. The van der Waals surface area contributed by atoms with Crippen molar-refractivity contribution in [2.45, 2.75) is 43.0 Å². The molecule has 140 valence electrons. The van der Waals surface area contributed by atoms with Crippen LogP contribution in [0.15, 0.2) is 29.2 Å². The molecule has 0 saturated heterocycles. The van der Waals surface area contributed by atoms with Gasteiger partial charge in [0.2, 0.25) is 0 Å².